The van der Waals surface area contributed by atoms with Crippen molar-refractivity contribution in [2.45, 2.75) is 6.10 Å². The van der Waals surface area contributed by atoms with Crippen molar-refractivity contribution in [1.82, 2.24) is 5.32 Å². The number of benzene rings is 2. The molecule has 1 heterocycles. The van der Waals surface area contributed by atoms with Crippen LogP contribution in [0.2, 0.25) is 0 Å². The van der Waals surface area contributed by atoms with Gasteiger partial charge in [-0.25, -0.2) is 4.39 Å². The van der Waals surface area contributed by atoms with E-state index in [-0.39, 0.29) is 11.9 Å². The molecule has 0 spiro atoms. The SMILES string of the molecule is Fc1cccc(-c2ccc(C3CNCCO3)cc2)c1. The van der Waals surface area contributed by atoms with Crippen LogP contribution in [0.1, 0.15) is 11.7 Å². The average molecular weight is 257 g/mol. The van der Waals surface area contributed by atoms with Crippen molar-refractivity contribution in [3.05, 3.63) is 59.9 Å². The molecule has 2 aromatic carbocycles. The first kappa shape index (κ1) is 12.3. The molecule has 0 radical (unpaired) electrons. The smallest absolute Gasteiger partial charge is 0.123 e. The second-order valence-corrected chi connectivity index (χ2v) is 4.70. The highest BCUT2D eigenvalue weighted by atomic mass is 19.1. The van der Waals surface area contributed by atoms with Gasteiger partial charge >= 0.3 is 0 Å². The van der Waals surface area contributed by atoms with Crippen molar-refractivity contribution in [2.24, 2.45) is 0 Å². The Labute approximate surface area is 112 Å². The lowest BCUT2D eigenvalue weighted by Crippen LogP contribution is -2.33. The molecular formula is C16H16FNO. The fraction of sp³-hybridized carbons (Fsp3) is 0.250. The fourth-order valence-electron chi connectivity index (χ4n) is 2.34. The van der Waals surface area contributed by atoms with E-state index in [1.165, 1.54) is 6.07 Å². The van der Waals surface area contributed by atoms with Gasteiger partial charge in [0.2, 0.25) is 0 Å². The first-order valence-corrected chi connectivity index (χ1v) is 6.51. The van der Waals surface area contributed by atoms with Gasteiger partial charge in [-0.05, 0) is 28.8 Å². The van der Waals surface area contributed by atoms with Gasteiger partial charge in [0, 0.05) is 13.1 Å². The summed E-state index contributed by atoms with van der Waals surface area (Å²) in [7, 11) is 0. The highest BCUT2D eigenvalue weighted by Gasteiger charge is 2.15. The minimum atomic E-state index is -0.207. The fourth-order valence-corrected chi connectivity index (χ4v) is 2.34. The van der Waals surface area contributed by atoms with Crippen LogP contribution in [0, 0.1) is 5.82 Å². The van der Waals surface area contributed by atoms with Crippen molar-refractivity contribution in [1.29, 1.82) is 0 Å². The molecular weight excluding hydrogens is 241 g/mol. The lowest BCUT2D eigenvalue weighted by Gasteiger charge is -2.24. The van der Waals surface area contributed by atoms with Crippen LogP contribution in [0.15, 0.2) is 48.5 Å². The molecule has 0 saturated carbocycles. The summed E-state index contributed by atoms with van der Waals surface area (Å²) in [5.41, 5.74) is 3.08. The predicted octanol–water partition coefficient (Wildman–Crippen LogP) is 3.15. The Balaban J connectivity index is 1.82. The Hall–Kier alpha value is -1.71. The van der Waals surface area contributed by atoms with E-state index in [4.69, 9.17) is 4.74 Å². The van der Waals surface area contributed by atoms with E-state index < -0.39 is 0 Å². The molecule has 0 aromatic heterocycles. The van der Waals surface area contributed by atoms with E-state index in [1.54, 1.807) is 12.1 Å². The van der Waals surface area contributed by atoms with Crippen LogP contribution in [0.5, 0.6) is 0 Å². The van der Waals surface area contributed by atoms with Crippen LogP contribution in [-0.2, 0) is 4.74 Å². The minimum absolute atomic E-state index is 0.121. The molecule has 1 aliphatic rings. The van der Waals surface area contributed by atoms with Crippen molar-refractivity contribution in [2.75, 3.05) is 19.7 Å². The molecule has 1 unspecified atom stereocenters. The lowest BCUT2D eigenvalue weighted by molar-refractivity contribution is 0.0277. The summed E-state index contributed by atoms with van der Waals surface area (Å²) in [4.78, 5) is 0. The van der Waals surface area contributed by atoms with Crippen LogP contribution in [0.3, 0.4) is 0 Å². The zero-order valence-electron chi connectivity index (χ0n) is 10.6. The highest BCUT2D eigenvalue weighted by molar-refractivity contribution is 5.63. The number of halogens is 1. The number of rotatable bonds is 2. The third-order valence-corrected chi connectivity index (χ3v) is 3.37. The van der Waals surface area contributed by atoms with E-state index in [0.717, 1.165) is 36.4 Å². The summed E-state index contributed by atoms with van der Waals surface area (Å²) in [5, 5.41) is 3.31. The third-order valence-electron chi connectivity index (χ3n) is 3.37. The first-order chi connectivity index (χ1) is 9.33. The summed E-state index contributed by atoms with van der Waals surface area (Å²) in [6.07, 6.45) is 0.121. The third kappa shape index (κ3) is 2.83. The quantitative estimate of drug-likeness (QED) is 0.892. The standard InChI is InChI=1S/C16H16FNO/c17-15-3-1-2-14(10-15)12-4-6-13(7-5-12)16-11-18-8-9-19-16/h1-7,10,16,18H,8-9,11H2. The van der Waals surface area contributed by atoms with Crippen molar-refractivity contribution < 1.29 is 9.13 Å². The van der Waals surface area contributed by atoms with Crippen molar-refractivity contribution in [3.8, 4) is 11.1 Å². The van der Waals surface area contributed by atoms with Gasteiger partial charge in [0.1, 0.15) is 5.82 Å². The molecule has 0 amide bonds. The molecule has 1 atom stereocenters. The van der Waals surface area contributed by atoms with E-state index in [0.29, 0.717) is 0 Å². The maximum atomic E-state index is 13.2. The summed E-state index contributed by atoms with van der Waals surface area (Å²) in [5.74, 6) is -0.207. The summed E-state index contributed by atoms with van der Waals surface area (Å²) in [6, 6.07) is 14.8. The second-order valence-electron chi connectivity index (χ2n) is 4.70. The molecule has 98 valence electrons. The number of ether oxygens (including phenoxy) is 1. The summed E-state index contributed by atoms with van der Waals surface area (Å²) >= 11 is 0. The van der Waals surface area contributed by atoms with E-state index >= 15 is 0 Å². The van der Waals surface area contributed by atoms with Crippen LogP contribution in [-0.4, -0.2) is 19.7 Å². The van der Waals surface area contributed by atoms with E-state index in [2.05, 4.69) is 17.4 Å². The zero-order valence-corrected chi connectivity index (χ0v) is 10.6. The highest BCUT2D eigenvalue weighted by Crippen LogP contribution is 2.24. The van der Waals surface area contributed by atoms with Gasteiger partial charge < -0.3 is 10.1 Å². The second kappa shape index (κ2) is 5.51. The van der Waals surface area contributed by atoms with Gasteiger partial charge in [-0.3, -0.25) is 0 Å². The molecule has 0 aliphatic carbocycles. The van der Waals surface area contributed by atoms with E-state index in [9.17, 15) is 4.39 Å². The van der Waals surface area contributed by atoms with Crippen molar-refractivity contribution >= 4 is 0 Å². The Kier molecular flexibility index (Phi) is 3.58. The van der Waals surface area contributed by atoms with Gasteiger partial charge in [-0.15, -0.1) is 0 Å². The van der Waals surface area contributed by atoms with Crippen LogP contribution < -0.4 is 5.32 Å². The minimum Gasteiger partial charge on any atom is -0.371 e. The van der Waals surface area contributed by atoms with Crippen molar-refractivity contribution in [3.63, 3.8) is 0 Å². The summed E-state index contributed by atoms with van der Waals surface area (Å²) in [6.45, 7) is 2.51. The van der Waals surface area contributed by atoms with E-state index in [1.807, 2.05) is 18.2 Å². The molecule has 2 nitrogen and oxygen atoms in total. The zero-order chi connectivity index (χ0) is 13.1. The maximum Gasteiger partial charge on any atom is 0.123 e. The predicted molar refractivity (Wildman–Crippen MR) is 73.4 cm³/mol. The largest absolute Gasteiger partial charge is 0.371 e. The Morgan fingerprint density at radius 2 is 1.89 bits per heavy atom. The Morgan fingerprint density at radius 1 is 1.05 bits per heavy atom. The molecule has 1 fully saturated rings. The molecule has 1 saturated heterocycles. The maximum absolute atomic E-state index is 13.2. The summed E-state index contributed by atoms with van der Waals surface area (Å²) < 4.78 is 18.9. The normalized spacial score (nSPS) is 19.3. The lowest BCUT2D eigenvalue weighted by atomic mass is 10.0. The van der Waals surface area contributed by atoms with Gasteiger partial charge in [0.25, 0.3) is 0 Å². The first-order valence-electron chi connectivity index (χ1n) is 6.51. The Morgan fingerprint density at radius 3 is 2.58 bits per heavy atom. The molecule has 19 heavy (non-hydrogen) atoms. The van der Waals surface area contributed by atoms with Crippen LogP contribution in [0.4, 0.5) is 4.39 Å². The number of morpholine rings is 1. The van der Waals surface area contributed by atoms with Gasteiger partial charge in [0.05, 0.1) is 12.7 Å². The number of nitrogens with one attached hydrogen (secondary N) is 1. The monoisotopic (exact) mass is 257 g/mol. The molecule has 0 bridgehead atoms. The topological polar surface area (TPSA) is 21.3 Å². The van der Waals surface area contributed by atoms with Crippen LogP contribution >= 0.6 is 0 Å². The van der Waals surface area contributed by atoms with Gasteiger partial charge in [0.15, 0.2) is 0 Å². The molecule has 3 rings (SSSR count). The molecule has 1 aliphatic heterocycles. The van der Waals surface area contributed by atoms with Gasteiger partial charge in [-0.1, -0.05) is 36.4 Å². The average Bonchev–Trinajstić information content (AvgIpc) is 2.48. The number of hydrogen-bond donors (Lipinski definition) is 1. The Bertz CT molecular complexity index is 547. The molecule has 3 heteroatoms. The van der Waals surface area contributed by atoms with Crippen LogP contribution in [0.25, 0.3) is 11.1 Å². The molecule has 2 aromatic rings. The number of hydrogen-bond acceptors (Lipinski definition) is 2. The molecule has 1 N–H and O–H groups in total. The van der Waals surface area contributed by atoms with Gasteiger partial charge in [-0.2, -0.15) is 0 Å².